The van der Waals surface area contributed by atoms with E-state index in [0.29, 0.717) is 5.82 Å². The van der Waals surface area contributed by atoms with Gasteiger partial charge in [0.15, 0.2) is 5.82 Å². The molecule has 0 spiro atoms. The van der Waals surface area contributed by atoms with Crippen LogP contribution in [-0.4, -0.2) is 16.3 Å². The van der Waals surface area contributed by atoms with Crippen molar-refractivity contribution in [2.75, 3.05) is 12.3 Å². The minimum Gasteiger partial charge on any atom is -0.382 e. The SMILES string of the molecule is Nc1nn(-c2ccccc2)c2c1CNCC2. The van der Waals surface area contributed by atoms with Gasteiger partial charge in [0.25, 0.3) is 0 Å². The Morgan fingerprint density at radius 1 is 1.25 bits per heavy atom. The van der Waals surface area contributed by atoms with Crippen LogP contribution in [0, 0.1) is 0 Å². The van der Waals surface area contributed by atoms with Gasteiger partial charge >= 0.3 is 0 Å². The molecule has 0 bridgehead atoms. The molecule has 3 N–H and O–H groups in total. The van der Waals surface area contributed by atoms with Crippen molar-refractivity contribution in [3.05, 3.63) is 41.6 Å². The predicted molar refractivity (Wildman–Crippen MR) is 63.4 cm³/mol. The average molecular weight is 214 g/mol. The second kappa shape index (κ2) is 3.64. The van der Waals surface area contributed by atoms with Crippen molar-refractivity contribution in [3.63, 3.8) is 0 Å². The van der Waals surface area contributed by atoms with Gasteiger partial charge in [-0.1, -0.05) is 18.2 Å². The smallest absolute Gasteiger partial charge is 0.150 e. The number of para-hydroxylation sites is 1. The highest BCUT2D eigenvalue weighted by atomic mass is 15.3. The van der Waals surface area contributed by atoms with Crippen molar-refractivity contribution >= 4 is 5.82 Å². The summed E-state index contributed by atoms with van der Waals surface area (Å²) in [5.41, 5.74) is 9.40. The molecule has 0 fully saturated rings. The summed E-state index contributed by atoms with van der Waals surface area (Å²) in [5.74, 6) is 0.644. The zero-order valence-corrected chi connectivity index (χ0v) is 8.98. The number of benzene rings is 1. The van der Waals surface area contributed by atoms with E-state index in [4.69, 9.17) is 5.73 Å². The quantitative estimate of drug-likeness (QED) is 0.747. The Bertz CT molecular complexity index is 501. The summed E-state index contributed by atoms with van der Waals surface area (Å²) in [4.78, 5) is 0. The van der Waals surface area contributed by atoms with Crippen LogP contribution in [0.3, 0.4) is 0 Å². The lowest BCUT2D eigenvalue weighted by atomic mass is 10.1. The standard InChI is InChI=1S/C12H14N4/c13-12-10-8-14-7-6-11(10)16(15-12)9-4-2-1-3-5-9/h1-5,14H,6-8H2,(H2,13,15). The molecule has 1 aromatic carbocycles. The topological polar surface area (TPSA) is 55.9 Å². The number of nitrogens with two attached hydrogens (primary N) is 1. The Morgan fingerprint density at radius 3 is 2.88 bits per heavy atom. The van der Waals surface area contributed by atoms with Crippen molar-refractivity contribution in [3.8, 4) is 5.69 Å². The summed E-state index contributed by atoms with van der Waals surface area (Å²) in [7, 11) is 0. The van der Waals surface area contributed by atoms with E-state index in [9.17, 15) is 0 Å². The molecule has 1 aliphatic rings. The van der Waals surface area contributed by atoms with Gasteiger partial charge in [-0.2, -0.15) is 5.10 Å². The number of anilines is 1. The van der Waals surface area contributed by atoms with Crippen LogP contribution in [0.1, 0.15) is 11.3 Å². The van der Waals surface area contributed by atoms with Crippen LogP contribution < -0.4 is 11.1 Å². The molecule has 16 heavy (non-hydrogen) atoms. The van der Waals surface area contributed by atoms with Crippen molar-refractivity contribution < 1.29 is 0 Å². The van der Waals surface area contributed by atoms with Crippen LogP contribution in [0.4, 0.5) is 5.82 Å². The number of nitrogens with one attached hydrogen (secondary N) is 1. The molecule has 1 aromatic heterocycles. The van der Waals surface area contributed by atoms with E-state index in [-0.39, 0.29) is 0 Å². The van der Waals surface area contributed by atoms with E-state index in [1.54, 1.807) is 0 Å². The number of rotatable bonds is 1. The summed E-state index contributed by atoms with van der Waals surface area (Å²) in [6.45, 7) is 1.82. The molecule has 0 amide bonds. The van der Waals surface area contributed by atoms with Gasteiger partial charge in [-0.05, 0) is 12.1 Å². The molecule has 0 saturated carbocycles. The highest BCUT2D eigenvalue weighted by Crippen LogP contribution is 2.22. The Morgan fingerprint density at radius 2 is 2.06 bits per heavy atom. The third-order valence-electron chi connectivity index (χ3n) is 2.96. The Balaban J connectivity index is 2.15. The number of hydrogen-bond acceptors (Lipinski definition) is 3. The molecule has 3 rings (SSSR count). The fourth-order valence-corrected chi connectivity index (χ4v) is 2.16. The molecule has 4 heteroatoms. The summed E-state index contributed by atoms with van der Waals surface area (Å²) in [6.07, 6.45) is 0.981. The Labute approximate surface area is 94.1 Å². The highest BCUT2D eigenvalue weighted by Gasteiger charge is 2.19. The largest absolute Gasteiger partial charge is 0.382 e. The molecular formula is C12H14N4. The Kier molecular flexibility index (Phi) is 2.15. The minimum absolute atomic E-state index is 0.644. The van der Waals surface area contributed by atoms with Gasteiger partial charge in [0.2, 0.25) is 0 Å². The van der Waals surface area contributed by atoms with Crippen molar-refractivity contribution in [2.45, 2.75) is 13.0 Å². The van der Waals surface area contributed by atoms with Crippen molar-refractivity contribution in [1.82, 2.24) is 15.1 Å². The third kappa shape index (κ3) is 1.39. The molecular weight excluding hydrogens is 200 g/mol. The lowest BCUT2D eigenvalue weighted by Crippen LogP contribution is -2.24. The van der Waals surface area contributed by atoms with Crippen LogP contribution >= 0.6 is 0 Å². The van der Waals surface area contributed by atoms with Crippen LogP contribution in [0.5, 0.6) is 0 Å². The maximum atomic E-state index is 5.93. The van der Waals surface area contributed by atoms with Crippen molar-refractivity contribution in [2.24, 2.45) is 0 Å². The predicted octanol–water partition coefficient (Wildman–Crippen LogP) is 1.10. The normalized spacial score (nSPS) is 14.8. The van der Waals surface area contributed by atoms with E-state index in [1.807, 2.05) is 22.9 Å². The molecule has 0 aliphatic carbocycles. The van der Waals surface area contributed by atoms with E-state index in [1.165, 1.54) is 5.69 Å². The highest BCUT2D eigenvalue weighted by molar-refractivity contribution is 5.48. The molecule has 1 aliphatic heterocycles. The number of hydrogen-bond donors (Lipinski definition) is 2. The molecule has 0 radical (unpaired) electrons. The van der Waals surface area contributed by atoms with Gasteiger partial charge in [0, 0.05) is 25.1 Å². The van der Waals surface area contributed by atoms with Gasteiger partial charge in [-0.3, -0.25) is 0 Å². The summed E-state index contributed by atoms with van der Waals surface area (Å²) in [5, 5.41) is 7.73. The monoisotopic (exact) mass is 214 g/mol. The first-order chi connectivity index (χ1) is 7.86. The fraction of sp³-hybridized carbons (Fsp3) is 0.250. The fourth-order valence-electron chi connectivity index (χ4n) is 2.16. The number of fused-ring (bicyclic) bond motifs is 1. The molecule has 0 unspecified atom stereocenters. The van der Waals surface area contributed by atoms with Gasteiger partial charge < -0.3 is 11.1 Å². The van der Waals surface area contributed by atoms with Crippen LogP contribution in [0.15, 0.2) is 30.3 Å². The lowest BCUT2D eigenvalue weighted by molar-refractivity contribution is 0.623. The first kappa shape index (κ1) is 9.42. The zero-order chi connectivity index (χ0) is 11.0. The van der Waals surface area contributed by atoms with E-state index >= 15 is 0 Å². The van der Waals surface area contributed by atoms with Gasteiger partial charge in [-0.25, -0.2) is 4.68 Å². The second-order valence-corrected chi connectivity index (χ2v) is 3.98. The minimum atomic E-state index is 0.644. The number of nitrogen functional groups attached to an aromatic ring is 1. The molecule has 2 heterocycles. The lowest BCUT2D eigenvalue weighted by Gasteiger charge is -2.15. The molecule has 82 valence electrons. The first-order valence-corrected chi connectivity index (χ1v) is 5.48. The van der Waals surface area contributed by atoms with Crippen molar-refractivity contribution in [1.29, 1.82) is 0 Å². The molecule has 0 atom stereocenters. The van der Waals surface area contributed by atoms with Gasteiger partial charge in [0.05, 0.1) is 11.4 Å². The van der Waals surface area contributed by atoms with Gasteiger partial charge in [0.1, 0.15) is 0 Å². The van der Waals surface area contributed by atoms with Crippen LogP contribution in [0.25, 0.3) is 5.69 Å². The number of nitrogens with zero attached hydrogens (tertiary/aromatic N) is 2. The molecule has 0 saturated heterocycles. The zero-order valence-electron chi connectivity index (χ0n) is 8.98. The van der Waals surface area contributed by atoms with Crippen LogP contribution in [-0.2, 0) is 13.0 Å². The first-order valence-electron chi connectivity index (χ1n) is 5.48. The summed E-state index contributed by atoms with van der Waals surface area (Å²) in [6, 6.07) is 10.1. The summed E-state index contributed by atoms with van der Waals surface area (Å²) < 4.78 is 1.96. The van der Waals surface area contributed by atoms with E-state index < -0.39 is 0 Å². The number of aromatic nitrogens is 2. The second-order valence-electron chi connectivity index (χ2n) is 3.98. The molecule has 2 aromatic rings. The molecule has 4 nitrogen and oxygen atoms in total. The van der Waals surface area contributed by atoms with E-state index in [0.717, 1.165) is 30.8 Å². The van der Waals surface area contributed by atoms with Gasteiger partial charge in [-0.15, -0.1) is 0 Å². The maximum absolute atomic E-state index is 5.93. The Hall–Kier alpha value is -1.81. The average Bonchev–Trinajstić information content (AvgIpc) is 2.69. The van der Waals surface area contributed by atoms with Crippen LogP contribution in [0.2, 0.25) is 0 Å². The van der Waals surface area contributed by atoms with E-state index in [2.05, 4.69) is 22.5 Å². The maximum Gasteiger partial charge on any atom is 0.150 e. The summed E-state index contributed by atoms with van der Waals surface area (Å²) >= 11 is 0. The third-order valence-corrected chi connectivity index (χ3v) is 2.96.